The topological polar surface area (TPSA) is 102 Å². The van der Waals surface area contributed by atoms with Gasteiger partial charge in [0.1, 0.15) is 5.25 Å². The molecule has 8 heteroatoms. The number of aliphatic carboxylic acids is 1. The highest BCUT2D eigenvalue weighted by Crippen LogP contribution is 2.31. The number of nitrogens with one attached hydrogen (secondary N) is 1. The van der Waals surface area contributed by atoms with E-state index in [1.165, 1.54) is 32.0 Å². The van der Waals surface area contributed by atoms with Gasteiger partial charge in [0.2, 0.25) is 6.29 Å². The molecule has 1 saturated carbocycles. The highest BCUT2D eigenvalue weighted by atomic mass is 32.2. The van der Waals surface area contributed by atoms with Gasteiger partial charge in [-0.25, -0.2) is 4.79 Å². The van der Waals surface area contributed by atoms with Crippen molar-refractivity contribution in [2.75, 3.05) is 6.54 Å². The molecule has 22 heavy (non-hydrogen) atoms. The van der Waals surface area contributed by atoms with E-state index in [4.69, 9.17) is 4.74 Å². The van der Waals surface area contributed by atoms with Gasteiger partial charge in [-0.05, 0) is 12.8 Å². The van der Waals surface area contributed by atoms with Crippen LogP contribution in [-0.4, -0.2) is 46.5 Å². The molecule has 0 aromatic carbocycles. The van der Waals surface area contributed by atoms with Crippen molar-refractivity contribution in [3.05, 3.63) is 0 Å². The molecule has 0 saturated heterocycles. The first-order valence-corrected chi connectivity index (χ1v) is 8.32. The Morgan fingerprint density at radius 2 is 1.86 bits per heavy atom. The Hall–Kier alpha value is -1.44. The first-order valence-electron chi connectivity index (χ1n) is 7.38. The summed E-state index contributed by atoms with van der Waals surface area (Å²) in [5.74, 6) is -1.51. The summed E-state index contributed by atoms with van der Waals surface area (Å²) in [6.07, 6.45) is 3.67. The number of amides is 1. The van der Waals surface area contributed by atoms with Gasteiger partial charge in [0.25, 0.3) is 0 Å². The quantitative estimate of drug-likeness (QED) is 0.543. The van der Waals surface area contributed by atoms with E-state index in [1.807, 2.05) is 0 Å². The fraction of sp³-hybridized carbons (Fsp3) is 0.786. The van der Waals surface area contributed by atoms with Crippen molar-refractivity contribution < 1.29 is 29.0 Å². The number of rotatable bonds is 7. The lowest BCUT2D eigenvalue weighted by Crippen LogP contribution is -2.38. The van der Waals surface area contributed by atoms with Crippen LogP contribution in [0.2, 0.25) is 0 Å². The number of thioether (sulfide) groups is 1. The van der Waals surface area contributed by atoms with Crippen LogP contribution in [0.1, 0.15) is 46.0 Å². The molecule has 0 aromatic heterocycles. The Labute approximate surface area is 134 Å². The fourth-order valence-electron chi connectivity index (χ4n) is 2.25. The minimum Gasteiger partial charge on any atom is -0.480 e. The predicted octanol–water partition coefficient (Wildman–Crippen LogP) is 2.14. The molecule has 0 aromatic rings. The monoisotopic (exact) mass is 333 g/mol. The molecule has 0 unspecified atom stereocenters. The summed E-state index contributed by atoms with van der Waals surface area (Å²) in [6, 6.07) is 0. The summed E-state index contributed by atoms with van der Waals surface area (Å²) < 4.78 is 9.44. The molecule has 1 rings (SSSR count). The molecule has 0 radical (unpaired) electrons. The molecule has 0 aliphatic heterocycles. The number of carboxylic acid groups (broad SMARTS) is 1. The largest absolute Gasteiger partial charge is 0.480 e. The van der Waals surface area contributed by atoms with Crippen LogP contribution in [0, 0.1) is 0 Å². The Balaban J connectivity index is 2.35. The molecule has 7 nitrogen and oxygen atoms in total. The summed E-state index contributed by atoms with van der Waals surface area (Å²) in [4.78, 5) is 33.5. The third-order valence-corrected chi connectivity index (χ3v) is 4.77. The van der Waals surface area contributed by atoms with Crippen LogP contribution in [-0.2, 0) is 19.1 Å². The second-order valence-electron chi connectivity index (χ2n) is 5.19. The first-order chi connectivity index (χ1) is 10.4. The van der Waals surface area contributed by atoms with Crippen molar-refractivity contribution in [3.63, 3.8) is 0 Å². The van der Waals surface area contributed by atoms with Gasteiger partial charge in [-0.2, -0.15) is 0 Å². The van der Waals surface area contributed by atoms with E-state index in [-0.39, 0.29) is 6.54 Å². The number of esters is 1. The Morgan fingerprint density at radius 3 is 2.41 bits per heavy atom. The van der Waals surface area contributed by atoms with E-state index in [9.17, 15) is 19.5 Å². The third kappa shape index (κ3) is 7.53. The minimum atomic E-state index is -1.01. The van der Waals surface area contributed by atoms with Gasteiger partial charge in [0, 0.05) is 25.6 Å². The van der Waals surface area contributed by atoms with E-state index in [0.717, 1.165) is 25.7 Å². The van der Waals surface area contributed by atoms with Gasteiger partial charge in [0.05, 0.1) is 0 Å². The fourth-order valence-corrected chi connectivity index (χ4v) is 3.62. The number of hydrogen-bond acceptors (Lipinski definition) is 6. The highest BCUT2D eigenvalue weighted by Gasteiger charge is 2.25. The molecule has 1 fully saturated rings. The maximum Gasteiger partial charge on any atom is 0.410 e. The molecular formula is C14H23NO6S. The number of ether oxygens (including phenoxy) is 2. The second kappa shape index (κ2) is 9.55. The minimum absolute atomic E-state index is 0.0257. The van der Waals surface area contributed by atoms with Gasteiger partial charge < -0.3 is 19.9 Å². The number of hydrogen-bond donors (Lipinski definition) is 2. The standard InChI is InChI=1S/C14H23NO6S/c1-9(16)20-10(2)21-14(19)15-8-12(13(17)18)22-11-6-4-3-5-7-11/h10-12H,3-8H2,1-2H3,(H,15,19)(H,17,18)/t10-,12-/m0/s1. The number of carbonyl (C=O) groups excluding carboxylic acids is 2. The number of carbonyl (C=O) groups is 3. The average molecular weight is 333 g/mol. The zero-order valence-corrected chi connectivity index (χ0v) is 13.7. The lowest BCUT2D eigenvalue weighted by molar-refractivity contribution is -0.162. The molecule has 126 valence electrons. The lowest BCUT2D eigenvalue weighted by atomic mass is 10.0. The van der Waals surface area contributed by atoms with E-state index in [0.29, 0.717) is 5.25 Å². The lowest BCUT2D eigenvalue weighted by Gasteiger charge is -2.24. The molecule has 1 amide bonds. The van der Waals surface area contributed by atoms with Crippen LogP contribution < -0.4 is 5.32 Å². The van der Waals surface area contributed by atoms with Crippen LogP contribution in [0.5, 0.6) is 0 Å². The van der Waals surface area contributed by atoms with Crippen molar-refractivity contribution >= 4 is 29.8 Å². The van der Waals surface area contributed by atoms with Crippen LogP contribution in [0.25, 0.3) is 0 Å². The Bertz CT molecular complexity index is 397. The zero-order chi connectivity index (χ0) is 16.5. The van der Waals surface area contributed by atoms with Crippen LogP contribution in [0.15, 0.2) is 0 Å². The molecule has 1 aliphatic rings. The van der Waals surface area contributed by atoms with E-state index in [2.05, 4.69) is 10.1 Å². The average Bonchev–Trinajstić information content (AvgIpc) is 2.43. The second-order valence-corrected chi connectivity index (χ2v) is 6.69. The van der Waals surface area contributed by atoms with Crippen LogP contribution in [0.4, 0.5) is 4.79 Å². The maximum atomic E-state index is 11.5. The van der Waals surface area contributed by atoms with Crippen molar-refractivity contribution in [2.24, 2.45) is 0 Å². The van der Waals surface area contributed by atoms with E-state index < -0.39 is 29.6 Å². The van der Waals surface area contributed by atoms with Crippen molar-refractivity contribution in [3.8, 4) is 0 Å². The van der Waals surface area contributed by atoms with Gasteiger partial charge in [-0.15, -0.1) is 11.8 Å². The third-order valence-electron chi connectivity index (χ3n) is 3.22. The molecule has 1 aliphatic carbocycles. The van der Waals surface area contributed by atoms with Gasteiger partial charge >= 0.3 is 18.0 Å². The summed E-state index contributed by atoms with van der Waals surface area (Å²) in [6.45, 7) is 2.59. The van der Waals surface area contributed by atoms with Gasteiger partial charge in [-0.1, -0.05) is 19.3 Å². The normalized spacial score (nSPS) is 18.1. The summed E-state index contributed by atoms with van der Waals surface area (Å²) in [5, 5.41) is 11.3. The molecule has 0 heterocycles. The SMILES string of the molecule is CC(=O)O[C@H](C)OC(=O)NC[C@H](SC1CCCCC1)C(=O)O. The van der Waals surface area contributed by atoms with Crippen molar-refractivity contribution in [1.82, 2.24) is 5.32 Å². The van der Waals surface area contributed by atoms with Crippen molar-refractivity contribution in [2.45, 2.75) is 62.7 Å². The first kappa shape index (κ1) is 18.6. The molecular weight excluding hydrogens is 310 g/mol. The number of carboxylic acids is 1. The summed E-state index contributed by atoms with van der Waals surface area (Å²) >= 11 is 1.39. The van der Waals surface area contributed by atoms with Crippen LogP contribution in [0.3, 0.4) is 0 Å². The molecule has 2 atom stereocenters. The summed E-state index contributed by atoms with van der Waals surface area (Å²) in [7, 11) is 0. The highest BCUT2D eigenvalue weighted by molar-refractivity contribution is 8.01. The van der Waals surface area contributed by atoms with E-state index >= 15 is 0 Å². The van der Waals surface area contributed by atoms with E-state index in [1.54, 1.807) is 0 Å². The Morgan fingerprint density at radius 1 is 1.23 bits per heavy atom. The van der Waals surface area contributed by atoms with Crippen LogP contribution >= 0.6 is 11.8 Å². The van der Waals surface area contributed by atoms with Gasteiger partial charge in [-0.3, -0.25) is 9.59 Å². The summed E-state index contributed by atoms with van der Waals surface area (Å²) in [5.41, 5.74) is 0. The molecule has 0 spiro atoms. The predicted molar refractivity (Wildman–Crippen MR) is 81.6 cm³/mol. The smallest absolute Gasteiger partial charge is 0.410 e. The zero-order valence-electron chi connectivity index (χ0n) is 12.9. The molecule has 2 N–H and O–H groups in total. The molecule has 0 bridgehead atoms. The maximum absolute atomic E-state index is 11.5. The number of alkyl carbamates (subject to hydrolysis) is 1. The van der Waals surface area contributed by atoms with Gasteiger partial charge in [0.15, 0.2) is 0 Å². The Kier molecular flexibility index (Phi) is 8.08. The van der Waals surface area contributed by atoms with Crippen molar-refractivity contribution in [1.29, 1.82) is 0 Å².